The Morgan fingerprint density at radius 2 is 1.56 bits per heavy atom. The van der Waals surface area contributed by atoms with Crippen molar-refractivity contribution < 1.29 is 26.3 Å². The summed E-state index contributed by atoms with van der Waals surface area (Å²) in [6.45, 7) is 1.70. The molecule has 1 aromatic heterocycles. The van der Waals surface area contributed by atoms with Gasteiger partial charge in [-0.3, -0.25) is 0 Å². The lowest BCUT2D eigenvalue weighted by Gasteiger charge is -2.31. The Hall–Kier alpha value is -2.30. The van der Waals surface area contributed by atoms with E-state index in [1.807, 2.05) is 0 Å². The molecule has 5 nitrogen and oxygen atoms in total. The normalized spacial score (nSPS) is 30.2. The quantitative estimate of drug-likeness (QED) is 0.652. The Balaban J connectivity index is 1.47. The molecular weight excluding hydrogens is 436 g/mol. The van der Waals surface area contributed by atoms with Crippen LogP contribution >= 0.6 is 0 Å². The largest absolute Gasteiger partial charge is 0.416 e. The summed E-state index contributed by atoms with van der Waals surface area (Å²) in [6, 6.07) is 2.86. The minimum absolute atomic E-state index is 0.106. The number of hydrogen-bond acceptors (Lipinski definition) is 4. The molecule has 2 aromatic rings. The number of hydrogen-bond donors (Lipinski definition) is 2. The minimum atomic E-state index is -4.49. The van der Waals surface area contributed by atoms with E-state index in [0.717, 1.165) is 42.7 Å². The highest BCUT2D eigenvalue weighted by atomic mass is 19.4. The van der Waals surface area contributed by atoms with Crippen LogP contribution in [0.3, 0.4) is 0 Å². The average molecular weight is 459 g/mol. The Labute approximate surface area is 180 Å². The predicted octanol–water partition coefficient (Wildman–Crippen LogP) is 4.74. The number of piperidine rings is 1. The van der Waals surface area contributed by atoms with Crippen molar-refractivity contribution in [3.05, 3.63) is 41.2 Å². The second-order valence-electron chi connectivity index (χ2n) is 8.97. The Bertz CT molecular complexity index is 951. The molecule has 1 aromatic carbocycles. The van der Waals surface area contributed by atoms with Gasteiger partial charge in [-0.25, -0.2) is 4.68 Å². The number of anilines is 1. The number of fused-ring (bicyclic) bond motifs is 3. The fraction of sp³-hybridized carbons (Fsp3) is 0.619. The summed E-state index contributed by atoms with van der Waals surface area (Å²) in [5, 5.41) is 10.8. The van der Waals surface area contributed by atoms with Crippen molar-refractivity contribution >= 4 is 5.95 Å². The molecule has 2 bridgehead atoms. The predicted molar refractivity (Wildman–Crippen MR) is 104 cm³/mol. The molecule has 5 atom stereocenters. The zero-order valence-electron chi connectivity index (χ0n) is 17.0. The van der Waals surface area contributed by atoms with Crippen molar-refractivity contribution in [1.29, 1.82) is 0 Å². The third-order valence-electron chi connectivity index (χ3n) is 7.04. The molecule has 3 heterocycles. The van der Waals surface area contributed by atoms with Gasteiger partial charge < -0.3 is 10.6 Å². The van der Waals surface area contributed by atoms with E-state index >= 15 is 0 Å². The van der Waals surface area contributed by atoms with Gasteiger partial charge in [0, 0.05) is 12.0 Å². The first-order valence-electron chi connectivity index (χ1n) is 10.8. The maximum absolute atomic E-state index is 13.7. The lowest BCUT2D eigenvalue weighted by Crippen LogP contribution is -2.45. The maximum Gasteiger partial charge on any atom is 0.416 e. The van der Waals surface area contributed by atoms with Gasteiger partial charge in [0.15, 0.2) is 0 Å². The molecular formula is C21H23F6N5. The summed E-state index contributed by atoms with van der Waals surface area (Å²) < 4.78 is 80.7. The molecule has 2 fully saturated rings. The molecule has 2 N–H and O–H groups in total. The molecule has 11 heteroatoms. The van der Waals surface area contributed by atoms with Gasteiger partial charge in [0.1, 0.15) is 11.9 Å². The zero-order chi connectivity index (χ0) is 22.7. The number of benzene rings is 1. The zero-order valence-corrected chi connectivity index (χ0v) is 17.0. The van der Waals surface area contributed by atoms with E-state index in [4.69, 9.17) is 0 Å². The van der Waals surface area contributed by atoms with E-state index in [-0.39, 0.29) is 30.7 Å². The molecule has 2 aliphatic heterocycles. The second kappa shape index (κ2) is 7.64. The molecule has 3 aliphatic rings. The smallest absolute Gasteiger partial charge is 0.350 e. The van der Waals surface area contributed by atoms with Gasteiger partial charge in [0.25, 0.3) is 0 Å². The molecule has 0 spiro atoms. The highest BCUT2D eigenvalue weighted by Crippen LogP contribution is 2.45. The highest BCUT2D eigenvalue weighted by molar-refractivity contribution is 5.35. The van der Waals surface area contributed by atoms with Crippen molar-refractivity contribution in [2.45, 2.75) is 56.0 Å². The van der Waals surface area contributed by atoms with Crippen LogP contribution in [0.5, 0.6) is 0 Å². The number of alkyl halides is 6. The first-order chi connectivity index (χ1) is 15.1. The number of nitrogens with one attached hydrogen (secondary N) is 2. The van der Waals surface area contributed by atoms with E-state index < -0.39 is 29.9 Å². The van der Waals surface area contributed by atoms with E-state index in [9.17, 15) is 26.3 Å². The summed E-state index contributed by atoms with van der Waals surface area (Å²) >= 11 is 0. The van der Waals surface area contributed by atoms with Crippen LogP contribution in [-0.2, 0) is 6.18 Å². The Morgan fingerprint density at radius 1 is 0.906 bits per heavy atom. The summed E-state index contributed by atoms with van der Waals surface area (Å²) in [5.41, 5.74) is -0.295. The van der Waals surface area contributed by atoms with Gasteiger partial charge >= 0.3 is 12.4 Å². The third kappa shape index (κ3) is 3.84. The minimum Gasteiger partial charge on any atom is -0.350 e. The lowest BCUT2D eigenvalue weighted by molar-refractivity contribution is -0.175. The number of rotatable bonds is 3. The Kier molecular flexibility index (Phi) is 5.14. The van der Waals surface area contributed by atoms with Crippen LogP contribution in [0, 0.1) is 11.8 Å². The van der Waals surface area contributed by atoms with Crippen molar-refractivity contribution in [2.24, 2.45) is 11.8 Å². The van der Waals surface area contributed by atoms with Gasteiger partial charge in [-0.1, -0.05) is 12.1 Å². The second-order valence-corrected chi connectivity index (χ2v) is 8.97. The molecule has 5 rings (SSSR count). The monoisotopic (exact) mass is 459 g/mol. The van der Waals surface area contributed by atoms with Gasteiger partial charge in [0.2, 0.25) is 5.95 Å². The maximum atomic E-state index is 13.7. The van der Waals surface area contributed by atoms with Crippen LogP contribution in [0.15, 0.2) is 24.3 Å². The molecule has 0 amide bonds. The van der Waals surface area contributed by atoms with E-state index in [0.29, 0.717) is 17.4 Å². The first-order valence-corrected chi connectivity index (χ1v) is 10.8. The molecule has 2 unspecified atom stereocenters. The average Bonchev–Trinajstić information content (AvgIpc) is 3.22. The highest BCUT2D eigenvalue weighted by Gasteiger charge is 2.47. The molecule has 1 saturated heterocycles. The fourth-order valence-electron chi connectivity index (χ4n) is 5.43. The van der Waals surface area contributed by atoms with Crippen LogP contribution in [-0.4, -0.2) is 40.1 Å². The van der Waals surface area contributed by atoms with Crippen LogP contribution in [0.25, 0.3) is 0 Å². The standard InChI is InChI=1S/C21H23F6N5/c22-20(23,24)14-5-3-11(4-6-14)15-7-8-16(21(25,26)27)32-18(15)30-19(31-32)29-17-12-1-2-13(17)10-28-9-12/h3-6,12-13,15-17,28H,1-2,7-10H2,(H,29,31)/t12-,13+,15?,16?,17-. The number of nitrogens with zero attached hydrogens (tertiary/aromatic N) is 3. The van der Waals surface area contributed by atoms with Gasteiger partial charge in [-0.05, 0) is 68.3 Å². The topological polar surface area (TPSA) is 54.8 Å². The molecule has 0 radical (unpaired) electrons. The van der Waals surface area contributed by atoms with Crippen molar-refractivity contribution in [3.8, 4) is 0 Å². The first kappa shape index (κ1) is 21.5. The lowest BCUT2D eigenvalue weighted by atomic mass is 9.88. The molecule has 174 valence electrons. The van der Waals surface area contributed by atoms with Crippen molar-refractivity contribution in [1.82, 2.24) is 20.1 Å². The van der Waals surface area contributed by atoms with Crippen LogP contribution in [0.1, 0.15) is 54.6 Å². The summed E-state index contributed by atoms with van der Waals surface area (Å²) in [6.07, 6.45) is -6.95. The fourth-order valence-corrected chi connectivity index (χ4v) is 5.43. The number of aromatic nitrogens is 3. The van der Waals surface area contributed by atoms with Gasteiger partial charge in [0.05, 0.1) is 5.56 Å². The van der Waals surface area contributed by atoms with Crippen LogP contribution in [0.2, 0.25) is 0 Å². The molecule has 32 heavy (non-hydrogen) atoms. The molecule has 1 aliphatic carbocycles. The van der Waals surface area contributed by atoms with E-state index in [1.54, 1.807) is 0 Å². The summed E-state index contributed by atoms with van der Waals surface area (Å²) in [4.78, 5) is 4.43. The van der Waals surface area contributed by atoms with Gasteiger partial charge in [-0.15, -0.1) is 5.10 Å². The Morgan fingerprint density at radius 3 is 2.16 bits per heavy atom. The third-order valence-corrected chi connectivity index (χ3v) is 7.04. The molecule has 1 saturated carbocycles. The van der Waals surface area contributed by atoms with Gasteiger partial charge in [-0.2, -0.15) is 31.3 Å². The summed E-state index contributed by atoms with van der Waals surface area (Å²) in [5.74, 6) is 0.499. The van der Waals surface area contributed by atoms with Crippen molar-refractivity contribution in [3.63, 3.8) is 0 Å². The SMILES string of the molecule is FC(F)(F)c1ccc(C2CCC(C(F)(F)F)n3nc(N[C@@H]4[C@@H]5CC[C@H]4CNC5)nc32)cc1. The summed E-state index contributed by atoms with van der Waals surface area (Å²) in [7, 11) is 0. The van der Waals surface area contributed by atoms with Crippen LogP contribution in [0.4, 0.5) is 32.3 Å². The van der Waals surface area contributed by atoms with E-state index in [2.05, 4.69) is 20.7 Å². The number of halogens is 6. The van der Waals surface area contributed by atoms with Crippen molar-refractivity contribution in [2.75, 3.05) is 18.4 Å². The van der Waals surface area contributed by atoms with Crippen LogP contribution < -0.4 is 10.6 Å². The van der Waals surface area contributed by atoms with E-state index in [1.165, 1.54) is 12.1 Å².